The smallest absolute Gasteiger partial charge is 0.211 e. The summed E-state index contributed by atoms with van der Waals surface area (Å²) in [4.78, 5) is 4.71. The van der Waals surface area contributed by atoms with Crippen LogP contribution in [-0.4, -0.2) is 76.2 Å². The van der Waals surface area contributed by atoms with E-state index in [1.165, 1.54) is 0 Å². The average Bonchev–Trinajstić information content (AvgIpc) is 2.37. The van der Waals surface area contributed by atoms with Crippen LogP contribution in [-0.2, 0) is 10.0 Å². The van der Waals surface area contributed by atoms with Crippen LogP contribution in [0.5, 0.6) is 0 Å². The van der Waals surface area contributed by atoms with Crippen LogP contribution in [0, 0.1) is 0 Å². The van der Waals surface area contributed by atoms with Crippen molar-refractivity contribution in [1.29, 1.82) is 0 Å². The molecule has 1 saturated heterocycles. The van der Waals surface area contributed by atoms with Gasteiger partial charge in [0.15, 0.2) is 0 Å². The fraction of sp³-hybridized carbons (Fsp3) is 1.00. The van der Waals surface area contributed by atoms with Crippen LogP contribution >= 0.6 is 11.6 Å². The Kier molecular flexibility index (Phi) is 8.25. The van der Waals surface area contributed by atoms with Crippen LogP contribution in [0.4, 0.5) is 0 Å². The number of halogens is 1. The number of unbranched alkanes of at least 4 members (excludes halogenated alkanes) is 1. The highest BCUT2D eigenvalue weighted by atomic mass is 35.5. The van der Waals surface area contributed by atoms with E-state index in [4.69, 9.17) is 11.6 Å². The van der Waals surface area contributed by atoms with E-state index < -0.39 is 10.0 Å². The highest BCUT2D eigenvalue weighted by Crippen LogP contribution is 2.00. The number of likely N-dealkylation sites (N-methyl/N-ethyl adjacent to an activating group) is 1. The Morgan fingerprint density at radius 1 is 1.11 bits per heavy atom. The molecule has 1 heterocycles. The largest absolute Gasteiger partial charge is 0.304 e. The third kappa shape index (κ3) is 8.09. The van der Waals surface area contributed by atoms with E-state index >= 15 is 0 Å². The van der Waals surface area contributed by atoms with E-state index in [1.807, 2.05) is 0 Å². The Labute approximate surface area is 122 Å². The molecule has 5 nitrogen and oxygen atoms in total. The molecule has 1 N–H and O–H groups in total. The first kappa shape index (κ1) is 17.2. The van der Waals surface area contributed by atoms with Crippen LogP contribution < -0.4 is 4.72 Å². The lowest BCUT2D eigenvalue weighted by atomic mass is 10.3. The van der Waals surface area contributed by atoms with Gasteiger partial charge in [-0.05, 0) is 32.9 Å². The van der Waals surface area contributed by atoms with Crippen molar-refractivity contribution in [3.8, 4) is 0 Å². The quantitative estimate of drug-likeness (QED) is 0.499. The van der Waals surface area contributed by atoms with Gasteiger partial charge in [0, 0.05) is 38.6 Å². The predicted molar refractivity (Wildman–Crippen MR) is 80.3 cm³/mol. The van der Waals surface area contributed by atoms with Crippen LogP contribution in [0.25, 0.3) is 0 Å². The maximum Gasteiger partial charge on any atom is 0.211 e. The highest BCUT2D eigenvalue weighted by Gasteiger charge is 2.13. The van der Waals surface area contributed by atoms with E-state index in [0.29, 0.717) is 18.8 Å². The van der Waals surface area contributed by atoms with Crippen LogP contribution in [0.15, 0.2) is 0 Å². The minimum absolute atomic E-state index is 0.189. The van der Waals surface area contributed by atoms with E-state index in [1.54, 1.807) is 0 Å². The van der Waals surface area contributed by atoms with Gasteiger partial charge in [0.25, 0.3) is 0 Å². The van der Waals surface area contributed by atoms with E-state index in [0.717, 1.165) is 45.6 Å². The summed E-state index contributed by atoms with van der Waals surface area (Å²) in [5.74, 6) is 0.715. The SMILES string of the molecule is CN1CCN(CCCNS(=O)(=O)CCCCCl)CC1. The Bertz CT molecular complexity index is 330. The lowest BCUT2D eigenvalue weighted by Gasteiger charge is -2.32. The van der Waals surface area contributed by atoms with E-state index in [2.05, 4.69) is 21.6 Å². The van der Waals surface area contributed by atoms with Gasteiger partial charge in [-0.25, -0.2) is 13.1 Å². The normalized spacial score (nSPS) is 18.8. The van der Waals surface area contributed by atoms with Crippen molar-refractivity contribution < 1.29 is 8.42 Å². The third-order valence-corrected chi connectivity index (χ3v) is 5.10. The van der Waals surface area contributed by atoms with Gasteiger partial charge in [-0.15, -0.1) is 11.6 Å². The van der Waals surface area contributed by atoms with Gasteiger partial charge in [-0.3, -0.25) is 0 Å². The summed E-state index contributed by atoms with van der Waals surface area (Å²) in [6.07, 6.45) is 2.26. The predicted octanol–water partition coefficient (Wildman–Crippen LogP) is 0.562. The number of nitrogens with zero attached hydrogens (tertiary/aromatic N) is 2. The van der Waals surface area contributed by atoms with Crippen LogP contribution in [0.3, 0.4) is 0 Å². The second-order valence-corrected chi connectivity index (χ2v) is 7.41. The van der Waals surface area contributed by atoms with Gasteiger partial charge < -0.3 is 9.80 Å². The van der Waals surface area contributed by atoms with Crippen LogP contribution in [0.2, 0.25) is 0 Å². The molecule has 1 rings (SSSR count). The zero-order valence-corrected chi connectivity index (χ0v) is 13.3. The summed E-state index contributed by atoms with van der Waals surface area (Å²) in [6.45, 7) is 5.87. The first-order valence-corrected chi connectivity index (χ1v) is 9.16. The molecule has 0 aromatic rings. The number of alkyl halides is 1. The van der Waals surface area contributed by atoms with Crippen molar-refractivity contribution in [3.05, 3.63) is 0 Å². The zero-order chi connectivity index (χ0) is 14.1. The summed E-state index contributed by atoms with van der Waals surface area (Å²) in [6, 6.07) is 0. The second kappa shape index (κ2) is 9.13. The lowest BCUT2D eigenvalue weighted by molar-refractivity contribution is 0.153. The molecule has 0 saturated carbocycles. The van der Waals surface area contributed by atoms with E-state index in [-0.39, 0.29) is 5.75 Å². The molecule has 0 aromatic heterocycles. The van der Waals surface area contributed by atoms with Crippen LogP contribution in [0.1, 0.15) is 19.3 Å². The Balaban J connectivity index is 2.06. The highest BCUT2D eigenvalue weighted by molar-refractivity contribution is 7.89. The first-order valence-electron chi connectivity index (χ1n) is 6.98. The third-order valence-electron chi connectivity index (χ3n) is 3.37. The van der Waals surface area contributed by atoms with E-state index in [9.17, 15) is 8.42 Å². The number of sulfonamides is 1. The minimum Gasteiger partial charge on any atom is -0.304 e. The molecule has 1 aliphatic rings. The van der Waals surface area contributed by atoms with Gasteiger partial charge in [-0.1, -0.05) is 0 Å². The number of nitrogens with one attached hydrogen (secondary N) is 1. The summed E-state index contributed by atoms with van der Waals surface area (Å²) in [5, 5.41) is 0. The number of hydrogen-bond acceptors (Lipinski definition) is 4. The molecule has 114 valence electrons. The first-order chi connectivity index (χ1) is 9.03. The van der Waals surface area contributed by atoms with Gasteiger partial charge in [0.2, 0.25) is 10.0 Å². The topological polar surface area (TPSA) is 52.6 Å². The maximum atomic E-state index is 11.6. The number of rotatable bonds is 9. The molecule has 0 spiro atoms. The Hall–Kier alpha value is 0.120. The molecule has 1 fully saturated rings. The number of hydrogen-bond donors (Lipinski definition) is 1. The Morgan fingerprint density at radius 3 is 2.42 bits per heavy atom. The van der Waals surface area contributed by atoms with Crippen molar-refractivity contribution in [3.63, 3.8) is 0 Å². The maximum absolute atomic E-state index is 11.6. The minimum atomic E-state index is -3.10. The fourth-order valence-corrected chi connectivity index (χ4v) is 3.43. The summed E-state index contributed by atoms with van der Waals surface area (Å²) in [5.41, 5.74) is 0. The Morgan fingerprint density at radius 2 is 1.79 bits per heavy atom. The average molecular weight is 312 g/mol. The summed E-state index contributed by atoms with van der Waals surface area (Å²) < 4.78 is 25.9. The standard InChI is InChI=1S/C12H26ClN3O2S/c1-15-8-10-16(11-9-15)7-4-6-14-19(17,18)12-3-2-5-13/h14H,2-12H2,1H3. The molecular weight excluding hydrogens is 286 g/mol. The van der Waals surface area contributed by atoms with Gasteiger partial charge in [0.05, 0.1) is 5.75 Å². The summed E-state index contributed by atoms with van der Waals surface area (Å²) >= 11 is 5.53. The molecule has 0 radical (unpaired) electrons. The molecule has 19 heavy (non-hydrogen) atoms. The van der Waals surface area contributed by atoms with Crippen molar-refractivity contribution >= 4 is 21.6 Å². The monoisotopic (exact) mass is 311 g/mol. The molecule has 7 heteroatoms. The molecule has 0 bridgehead atoms. The molecule has 0 aromatic carbocycles. The van der Waals surface area contributed by atoms with Crippen molar-refractivity contribution in [2.45, 2.75) is 19.3 Å². The lowest BCUT2D eigenvalue weighted by Crippen LogP contribution is -2.45. The van der Waals surface area contributed by atoms with Gasteiger partial charge in [-0.2, -0.15) is 0 Å². The fourth-order valence-electron chi connectivity index (χ4n) is 2.06. The zero-order valence-electron chi connectivity index (χ0n) is 11.8. The van der Waals surface area contributed by atoms with Gasteiger partial charge >= 0.3 is 0 Å². The van der Waals surface area contributed by atoms with Crippen molar-refractivity contribution in [2.75, 3.05) is 57.9 Å². The van der Waals surface area contributed by atoms with Gasteiger partial charge in [0.1, 0.15) is 0 Å². The molecule has 0 amide bonds. The molecule has 0 unspecified atom stereocenters. The van der Waals surface area contributed by atoms with Crippen molar-refractivity contribution in [1.82, 2.24) is 14.5 Å². The summed E-state index contributed by atoms with van der Waals surface area (Å²) in [7, 11) is -0.970. The molecule has 0 atom stereocenters. The second-order valence-electron chi connectivity index (χ2n) is 5.11. The molecule has 0 aliphatic carbocycles. The van der Waals surface area contributed by atoms with Crippen molar-refractivity contribution in [2.24, 2.45) is 0 Å². The molecule has 1 aliphatic heterocycles. The molecular formula is C12H26ClN3O2S. The number of piperazine rings is 1.